The van der Waals surface area contributed by atoms with Crippen LogP contribution in [-0.2, 0) is 9.53 Å². The number of hydrogen-bond donors (Lipinski definition) is 1. The van der Waals surface area contributed by atoms with Crippen LogP contribution in [0.1, 0.15) is 65.2 Å². The summed E-state index contributed by atoms with van der Waals surface area (Å²) in [5.74, 6) is 0.388. The Labute approximate surface area is 111 Å². The monoisotopic (exact) mass is 253 g/mol. The molecule has 0 radical (unpaired) electrons. The van der Waals surface area contributed by atoms with Crippen LogP contribution in [0.2, 0.25) is 0 Å². The highest BCUT2D eigenvalue weighted by atomic mass is 16.5. The molecule has 0 heterocycles. The van der Waals surface area contributed by atoms with E-state index in [1.807, 2.05) is 6.92 Å². The average Bonchev–Trinajstić information content (AvgIpc) is 2.74. The van der Waals surface area contributed by atoms with Gasteiger partial charge in [0.15, 0.2) is 0 Å². The normalized spacial score (nSPS) is 33.6. The average molecular weight is 253 g/mol. The second-order valence-electron chi connectivity index (χ2n) is 5.96. The third-order valence-corrected chi connectivity index (χ3v) is 4.76. The first-order chi connectivity index (χ1) is 8.69. The van der Waals surface area contributed by atoms with E-state index in [2.05, 4.69) is 12.2 Å². The molecule has 0 aromatic rings. The molecule has 0 amide bonds. The molecule has 2 unspecified atom stereocenters. The van der Waals surface area contributed by atoms with Crippen molar-refractivity contribution >= 4 is 5.97 Å². The second-order valence-corrected chi connectivity index (χ2v) is 5.96. The summed E-state index contributed by atoms with van der Waals surface area (Å²) in [5.41, 5.74) is -0.391. The molecular weight excluding hydrogens is 226 g/mol. The fourth-order valence-corrected chi connectivity index (χ4v) is 3.63. The summed E-state index contributed by atoms with van der Waals surface area (Å²) in [4.78, 5) is 12.4. The lowest BCUT2D eigenvalue weighted by Gasteiger charge is -2.37. The third-order valence-electron chi connectivity index (χ3n) is 4.76. The first-order valence-corrected chi connectivity index (χ1v) is 7.64. The van der Waals surface area contributed by atoms with E-state index in [9.17, 15) is 4.79 Å². The maximum atomic E-state index is 12.4. The number of hydrogen-bond acceptors (Lipinski definition) is 3. The van der Waals surface area contributed by atoms with Gasteiger partial charge >= 0.3 is 5.97 Å². The van der Waals surface area contributed by atoms with E-state index in [4.69, 9.17) is 4.74 Å². The van der Waals surface area contributed by atoms with Crippen LogP contribution >= 0.6 is 0 Å². The molecule has 1 N–H and O–H groups in total. The largest absolute Gasteiger partial charge is 0.465 e. The van der Waals surface area contributed by atoms with Gasteiger partial charge in [-0.2, -0.15) is 0 Å². The Bertz CT molecular complexity index is 286. The SMILES string of the molecule is CCOC(=O)C1(NC2CCCCC2)CCCC1C. The molecule has 0 aromatic heterocycles. The van der Waals surface area contributed by atoms with Crippen molar-refractivity contribution < 1.29 is 9.53 Å². The Balaban J connectivity index is 2.06. The minimum absolute atomic E-state index is 0.0134. The Morgan fingerprint density at radius 3 is 2.50 bits per heavy atom. The van der Waals surface area contributed by atoms with Crippen LogP contribution in [0.5, 0.6) is 0 Å². The molecule has 2 atom stereocenters. The maximum absolute atomic E-state index is 12.4. The van der Waals surface area contributed by atoms with Gasteiger partial charge < -0.3 is 4.74 Å². The number of ether oxygens (including phenoxy) is 1. The van der Waals surface area contributed by atoms with Crippen LogP contribution in [0.25, 0.3) is 0 Å². The van der Waals surface area contributed by atoms with Gasteiger partial charge in [-0.3, -0.25) is 10.1 Å². The Hall–Kier alpha value is -0.570. The van der Waals surface area contributed by atoms with Gasteiger partial charge in [0.2, 0.25) is 0 Å². The summed E-state index contributed by atoms with van der Waals surface area (Å²) in [6.45, 7) is 4.57. The van der Waals surface area contributed by atoms with E-state index in [1.165, 1.54) is 32.1 Å². The summed E-state index contributed by atoms with van der Waals surface area (Å²) in [5, 5.41) is 3.69. The van der Waals surface area contributed by atoms with Crippen LogP contribution in [0.4, 0.5) is 0 Å². The van der Waals surface area contributed by atoms with Gasteiger partial charge in [-0.05, 0) is 38.5 Å². The van der Waals surface area contributed by atoms with Crippen molar-refractivity contribution in [2.75, 3.05) is 6.61 Å². The standard InChI is InChI=1S/C15H27NO2/c1-3-18-14(17)15(11-7-8-12(15)2)16-13-9-5-4-6-10-13/h12-13,16H,3-11H2,1-2H3. The molecule has 2 aliphatic carbocycles. The number of esters is 1. The van der Waals surface area contributed by atoms with E-state index in [0.29, 0.717) is 18.6 Å². The highest BCUT2D eigenvalue weighted by molar-refractivity contribution is 5.81. The fourth-order valence-electron chi connectivity index (χ4n) is 3.63. The Morgan fingerprint density at radius 2 is 1.94 bits per heavy atom. The number of carbonyl (C=O) groups is 1. The molecular formula is C15H27NO2. The van der Waals surface area contributed by atoms with Gasteiger partial charge in [0.25, 0.3) is 0 Å². The Morgan fingerprint density at radius 1 is 1.22 bits per heavy atom. The van der Waals surface area contributed by atoms with Crippen molar-refractivity contribution in [2.45, 2.75) is 76.8 Å². The molecule has 0 saturated heterocycles. The number of nitrogens with one attached hydrogen (secondary N) is 1. The molecule has 0 aromatic carbocycles. The first-order valence-electron chi connectivity index (χ1n) is 7.64. The first kappa shape index (κ1) is 13.9. The van der Waals surface area contributed by atoms with E-state index < -0.39 is 5.54 Å². The van der Waals surface area contributed by atoms with Gasteiger partial charge in [0.1, 0.15) is 5.54 Å². The molecule has 2 aliphatic rings. The Kier molecular flexibility index (Phi) is 4.66. The molecule has 18 heavy (non-hydrogen) atoms. The van der Waals surface area contributed by atoms with E-state index in [0.717, 1.165) is 19.3 Å². The van der Waals surface area contributed by atoms with E-state index >= 15 is 0 Å². The number of rotatable bonds is 4. The third kappa shape index (κ3) is 2.71. The van der Waals surface area contributed by atoms with Crippen molar-refractivity contribution in [3.05, 3.63) is 0 Å². The van der Waals surface area contributed by atoms with Crippen LogP contribution in [-0.4, -0.2) is 24.2 Å². The van der Waals surface area contributed by atoms with Crippen molar-refractivity contribution in [2.24, 2.45) is 5.92 Å². The van der Waals surface area contributed by atoms with Gasteiger partial charge in [-0.15, -0.1) is 0 Å². The predicted octanol–water partition coefficient (Wildman–Crippen LogP) is 3.03. The zero-order valence-electron chi connectivity index (χ0n) is 11.8. The van der Waals surface area contributed by atoms with E-state index in [1.54, 1.807) is 0 Å². The minimum atomic E-state index is -0.391. The van der Waals surface area contributed by atoms with Crippen molar-refractivity contribution in [1.29, 1.82) is 0 Å². The number of carbonyl (C=O) groups excluding carboxylic acids is 1. The zero-order chi connectivity index (χ0) is 13.0. The van der Waals surface area contributed by atoms with Crippen LogP contribution < -0.4 is 5.32 Å². The second kappa shape index (κ2) is 6.05. The quantitative estimate of drug-likeness (QED) is 0.783. The molecule has 2 rings (SSSR count). The fraction of sp³-hybridized carbons (Fsp3) is 0.933. The highest BCUT2D eigenvalue weighted by Gasteiger charge is 2.48. The minimum Gasteiger partial charge on any atom is -0.465 e. The zero-order valence-corrected chi connectivity index (χ0v) is 11.8. The van der Waals surface area contributed by atoms with Crippen LogP contribution in [0.15, 0.2) is 0 Å². The lowest BCUT2D eigenvalue weighted by molar-refractivity contribution is -0.153. The van der Waals surface area contributed by atoms with Gasteiger partial charge in [0, 0.05) is 6.04 Å². The molecule has 0 bridgehead atoms. The van der Waals surface area contributed by atoms with Crippen LogP contribution in [0.3, 0.4) is 0 Å². The van der Waals surface area contributed by atoms with Gasteiger partial charge in [0.05, 0.1) is 6.61 Å². The predicted molar refractivity (Wildman–Crippen MR) is 72.4 cm³/mol. The van der Waals surface area contributed by atoms with Crippen molar-refractivity contribution in [3.8, 4) is 0 Å². The van der Waals surface area contributed by atoms with Crippen molar-refractivity contribution in [3.63, 3.8) is 0 Å². The smallest absolute Gasteiger partial charge is 0.326 e. The molecule has 2 saturated carbocycles. The van der Waals surface area contributed by atoms with Gasteiger partial charge in [-0.1, -0.05) is 32.6 Å². The van der Waals surface area contributed by atoms with Crippen LogP contribution in [0, 0.1) is 5.92 Å². The molecule has 0 aliphatic heterocycles. The molecule has 2 fully saturated rings. The summed E-state index contributed by atoms with van der Waals surface area (Å²) in [6, 6.07) is 0.517. The van der Waals surface area contributed by atoms with Crippen molar-refractivity contribution in [1.82, 2.24) is 5.32 Å². The summed E-state index contributed by atoms with van der Waals surface area (Å²) < 4.78 is 5.34. The molecule has 104 valence electrons. The molecule has 0 spiro atoms. The lowest BCUT2D eigenvalue weighted by Crippen LogP contribution is -2.58. The summed E-state index contributed by atoms with van der Waals surface area (Å²) >= 11 is 0. The summed E-state index contributed by atoms with van der Waals surface area (Å²) in [6.07, 6.45) is 9.60. The highest BCUT2D eigenvalue weighted by Crippen LogP contribution is 2.38. The lowest BCUT2D eigenvalue weighted by atomic mass is 9.85. The van der Waals surface area contributed by atoms with E-state index in [-0.39, 0.29) is 5.97 Å². The molecule has 3 heteroatoms. The molecule has 3 nitrogen and oxygen atoms in total. The maximum Gasteiger partial charge on any atom is 0.326 e. The van der Waals surface area contributed by atoms with Gasteiger partial charge in [-0.25, -0.2) is 0 Å². The summed E-state index contributed by atoms with van der Waals surface area (Å²) in [7, 11) is 0. The topological polar surface area (TPSA) is 38.3 Å².